The molecule has 4 nitrogen and oxygen atoms in total. The Hall–Kier alpha value is -2.49. The first kappa shape index (κ1) is 19.3. The lowest BCUT2D eigenvalue weighted by molar-refractivity contribution is 0.0978. The highest BCUT2D eigenvalue weighted by Gasteiger charge is 2.12. The second kappa shape index (κ2) is 8.94. The number of aliphatic imine (C=N–C) groups is 1. The van der Waals surface area contributed by atoms with Crippen LogP contribution in [0.3, 0.4) is 0 Å². The number of carbonyl (C=O) groups excluding carboxylic acids is 1. The van der Waals surface area contributed by atoms with Crippen molar-refractivity contribution < 1.29 is 4.79 Å². The average molecular weight is 364 g/mol. The zero-order chi connectivity index (χ0) is 19.2. The zero-order valence-electron chi connectivity index (χ0n) is 16.6. The quantitative estimate of drug-likeness (QED) is 0.614. The van der Waals surface area contributed by atoms with Crippen LogP contribution in [-0.4, -0.2) is 27.8 Å². The number of nitrogens with zero attached hydrogens (tertiary/aromatic N) is 3. The van der Waals surface area contributed by atoms with Crippen molar-refractivity contribution in [3.8, 4) is 11.1 Å². The van der Waals surface area contributed by atoms with E-state index in [0.717, 1.165) is 60.3 Å². The first-order chi connectivity index (χ1) is 13.0. The first-order valence-electron chi connectivity index (χ1n) is 9.91. The molecule has 0 aliphatic carbocycles. The van der Waals surface area contributed by atoms with Gasteiger partial charge in [-0.3, -0.25) is 9.79 Å². The molecule has 0 radical (unpaired) electrons. The van der Waals surface area contributed by atoms with Crippen molar-refractivity contribution in [1.82, 2.24) is 9.78 Å². The Morgan fingerprint density at radius 3 is 2.78 bits per heavy atom. The van der Waals surface area contributed by atoms with Crippen LogP contribution in [0.2, 0.25) is 0 Å². The number of rotatable bonds is 0. The SMILES string of the molecule is CC1=NCCC(C)CCCCC(=O)c2cccc(c2)-c2cnn(c2C)/C=C/1. The van der Waals surface area contributed by atoms with E-state index >= 15 is 0 Å². The van der Waals surface area contributed by atoms with Crippen molar-refractivity contribution in [2.24, 2.45) is 10.9 Å². The number of ketones is 1. The number of benzene rings is 1. The van der Waals surface area contributed by atoms with E-state index in [2.05, 4.69) is 17.0 Å². The van der Waals surface area contributed by atoms with Crippen molar-refractivity contribution in [3.05, 3.63) is 47.8 Å². The summed E-state index contributed by atoms with van der Waals surface area (Å²) in [6.45, 7) is 7.21. The molecule has 142 valence electrons. The lowest BCUT2D eigenvalue weighted by Gasteiger charge is -2.10. The predicted octanol–water partition coefficient (Wildman–Crippen LogP) is 5.57. The van der Waals surface area contributed by atoms with Crippen LogP contribution >= 0.6 is 0 Å². The molecule has 0 saturated carbocycles. The van der Waals surface area contributed by atoms with Gasteiger partial charge in [-0.1, -0.05) is 38.0 Å². The van der Waals surface area contributed by atoms with Crippen molar-refractivity contribution in [3.63, 3.8) is 0 Å². The van der Waals surface area contributed by atoms with Gasteiger partial charge in [0.05, 0.1) is 6.20 Å². The van der Waals surface area contributed by atoms with Crippen molar-refractivity contribution in [2.45, 2.75) is 52.9 Å². The third-order valence-corrected chi connectivity index (χ3v) is 5.33. The number of aromatic nitrogens is 2. The van der Waals surface area contributed by atoms with E-state index in [1.165, 1.54) is 0 Å². The Balaban J connectivity index is 1.93. The van der Waals surface area contributed by atoms with Gasteiger partial charge in [-0.2, -0.15) is 5.10 Å². The molecule has 2 heterocycles. The Morgan fingerprint density at radius 2 is 1.93 bits per heavy atom. The Morgan fingerprint density at radius 1 is 1.11 bits per heavy atom. The number of hydrogen-bond acceptors (Lipinski definition) is 3. The lowest BCUT2D eigenvalue weighted by Crippen LogP contribution is -2.02. The molecule has 1 aliphatic rings. The van der Waals surface area contributed by atoms with E-state index in [9.17, 15) is 4.79 Å². The predicted molar refractivity (Wildman–Crippen MR) is 112 cm³/mol. The molecule has 4 heteroatoms. The largest absolute Gasteiger partial charge is 0.294 e. The van der Waals surface area contributed by atoms with E-state index in [1.807, 2.05) is 61.3 Å². The van der Waals surface area contributed by atoms with Crippen molar-refractivity contribution in [2.75, 3.05) is 6.54 Å². The smallest absolute Gasteiger partial charge is 0.162 e. The van der Waals surface area contributed by atoms with Crippen LogP contribution in [0.15, 0.2) is 41.5 Å². The van der Waals surface area contributed by atoms with Gasteiger partial charge in [-0.25, -0.2) is 4.68 Å². The molecular weight excluding hydrogens is 334 g/mol. The molecular formula is C23H29N3O. The van der Waals surface area contributed by atoms with Crippen LogP contribution in [0, 0.1) is 12.8 Å². The molecule has 1 aliphatic heterocycles. The second-order valence-electron chi connectivity index (χ2n) is 7.57. The summed E-state index contributed by atoms with van der Waals surface area (Å²) in [6, 6.07) is 7.93. The highest BCUT2D eigenvalue weighted by atomic mass is 16.1. The summed E-state index contributed by atoms with van der Waals surface area (Å²) in [5, 5.41) is 4.48. The summed E-state index contributed by atoms with van der Waals surface area (Å²) in [5.74, 6) is 0.870. The van der Waals surface area contributed by atoms with Gasteiger partial charge in [-0.05, 0) is 50.3 Å². The Bertz CT molecular complexity index is 860. The molecule has 2 aromatic rings. The van der Waals surface area contributed by atoms with Crippen LogP contribution in [0.1, 0.15) is 62.0 Å². The van der Waals surface area contributed by atoms with Gasteiger partial charge >= 0.3 is 0 Å². The van der Waals surface area contributed by atoms with Gasteiger partial charge in [0.25, 0.3) is 0 Å². The van der Waals surface area contributed by atoms with Crippen LogP contribution < -0.4 is 0 Å². The van der Waals surface area contributed by atoms with Crippen molar-refractivity contribution in [1.29, 1.82) is 0 Å². The third-order valence-electron chi connectivity index (χ3n) is 5.33. The summed E-state index contributed by atoms with van der Waals surface area (Å²) >= 11 is 0. The molecule has 3 rings (SSSR count). The maximum Gasteiger partial charge on any atom is 0.162 e. The lowest BCUT2D eigenvalue weighted by atomic mass is 9.97. The first-order valence-corrected chi connectivity index (χ1v) is 9.91. The van der Waals surface area contributed by atoms with E-state index < -0.39 is 0 Å². The molecule has 1 unspecified atom stereocenters. The summed E-state index contributed by atoms with van der Waals surface area (Å²) in [6.07, 6.45) is 10.8. The second-order valence-corrected chi connectivity index (χ2v) is 7.57. The van der Waals surface area contributed by atoms with Gasteiger partial charge in [-0.15, -0.1) is 0 Å². The fourth-order valence-electron chi connectivity index (χ4n) is 3.48. The average Bonchev–Trinajstić information content (AvgIpc) is 3.03. The molecule has 0 N–H and O–H groups in total. The maximum absolute atomic E-state index is 12.6. The third kappa shape index (κ3) is 5.03. The molecule has 1 aromatic carbocycles. The van der Waals surface area contributed by atoms with E-state index in [-0.39, 0.29) is 5.78 Å². The highest BCUT2D eigenvalue weighted by Crippen LogP contribution is 2.25. The van der Waals surface area contributed by atoms with E-state index in [0.29, 0.717) is 12.3 Å². The Labute approximate surface area is 162 Å². The molecule has 0 amide bonds. The van der Waals surface area contributed by atoms with E-state index in [4.69, 9.17) is 0 Å². The number of Topliss-reactive ketones (excluding diaryl/α,β-unsaturated/α-hetero) is 1. The number of allylic oxidation sites excluding steroid dienone is 1. The number of hydrogen-bond donors (Lipinski definition) is 0. The molecule has 1 atom stereocenters. The highest BCUT2D eigenvalue weighted by molar-refractivity contribution is 5.97. The standard InChI is InChI=1S/C23H29N3O/c1-17-7-4-5-10-23(27)21-9-6-8-20(15-21)22-16-25-26(19(22)3)14-12-18(2)24-13-11-17/h6,8-9,12,14-17H,4-5,7,10-11,13H2,1-3H3/b14-12+,24-18?. The fourth-order valence-corrected chi connectivity index (χ4v) is 3.48. The molecule has 4 bridgehead atoms. The normalized spacial score (nSPS) is 20.5. The van der Waals surface area contributed by atoms with Gasteiger partial charge in [0, 0.05) is 41.7 Å². The summed E-state index contributed by atoms with van der Waals surface area (Å²) in [5.41, 5.74) is 4.97. The minimum absolute atomic E-state index is 0.232. The van der Waals surface area contributed by atoms with Gasteiger partial charge in [0.1, 0.15) is 0 Å². The summed E-state index contributed by atoms with van der Waals surface area (Å²) in [4.78, 5) is 17.2. The van der Waals surface area contributed by atoms with Crippen LogP contribution in [0.4, 0.5) is 0 Å². The van der Waals surface area contributed by atoms with Crippen LogP contribution in [0.25, 0.3) is 17.3 Å². The molecule has 1 aromatic heterocycles. The summed E-state index contributed by atoms with van der Waals surface area (Å²) in [7, 11) is 0. The fraction of sp³-hybridized carbons (Fsp3) is 0.435. The minimum atomic E-state index is 0.232. The van der Waals surface area contributed by atoms with Gasteiger partial charge in [0.2, 0.25) is 0 Å². The van der Waals surface area contributed by atoms with Crippen LogP contribution in [-0.2, 0) is 0 Å². The maximum atomic E-state index is 12.6. The zero-order valence-corrected chi connectivity index (χ0v) is 16.6. The molecule has 0 fully saturated rings. The van der Waals surface area contributed by atoms with Crippen LogP contribution in [0.5, 0.6) is 0 Å². The van der Waals surface area contributed by atoms with E-state index in [1.54, 1.807) is 0 Å². The monoisotopic (exact) mass is 363 g/mol. The molecule has 0 saturated heterocycles. The van der Waals surface area contributed by atoms with Crippen molar-refractivity contribution >= 4 is 17.7 Å². The van der Waals surface area contributed by atoms with Gasteiger partial charge < -0.3 is 0 Å². The number of fused-ring (bicyclic) bond motifs is 5. The topological polar surface area (TPSA) is 47.2 Å². The minimum Gasteiger partial charge on any atom is -0.294 e. The van der Waals surface area contributed by atoms with Gasteiger partial charge in [0.15, 0.2) is 5.78 Å². The molecule has 0 spiro atoms. The number of carbonyl (C=O) groups is 1. The summed E-state index contributed by atoms with van der Waals surface area (Å²) < 4.78 is 1.87. The molecule has 27 heavy (non-hydrogen) atoms. The Kier molecular flexibility index (Phi) is 6.38.